The van der Waals surface area contributed by atoms with Crippen LogP contribution in [-0.4, -0.2) is 87.2 Å². The molecule has 14 nitrogen and oxygen atoms in total. The zero-order valence-electron chi connectivity index (χ0n) is 31.7. The highest BCUT2D eigenvalue weighted by Crippen LogP contribution is 2.39. The van der Waals surface area contributed by atoms with Crippen molar-refractivity contribution in [1.29, 1.82) is 0 Å². The van der Waals surface area contributed by atoms with Gasteiger partial charge in [0.25, 0.3) is 6.47 Å². The summed E-state index contributed by atoms with van der Waals surface area (Å²) in [5.74, 6) is 2.96. The number of nitrogens with zero attached hydrogens (tertiary/aromatic N) is 7. The number of carbonyl (C=O) groups excluding carboxylic acids is 1. The number of ether oxygens (including phenoxy) is 2. The Bertz CT molecular complexity index is 2030. The molecule has 1 saturated heterocycles. The smallest absolute Gasteiger partial charge is 0.320 e. The van der Waals surface area contributed by atoms with E-state index in [9.17, 15) is 4.79 Å². The number of piperidine rings is 1. The zero-order valence-corrected chi connectivity index (χ0v) is 31.7. The van der Waals surface area contributed by atoms with Crippen LogP contribution in [0.25, 0.3) is 11.3 Å². The third-order valence-corrected chi connectivity index (χ3v) is 9.60. The van der Waals surface area contributed by atoms with Gasteiger partial charge in [0.1, 0.15) is 30.0 Å². The fourth-order valence-electron chi connectivity index (χ4n) is 6.82. The van der Waals surface area contributed by atoms with Gasteiger partial charge >= 0.3 is 6.03 Å². The van der Waals surface area contributed by atoms with Crippen LogP contribution in [0.4, 0.5) is 16.6 Å². The number of amides is 2. The first-order valence-corrected chi connectivity index (χ1v) is 18.5. The van der Waals surface area contributed by atoms with E-state index in [2.05, 4.69) is 63.5 Å². The van der Waals surface area contributed by atoms with Crippen LogP contribution < -0.4 is 25.0 Å². The van der Waals surface area contributed by atoms with E-state index in [1.807, 2.05) is 79.3 Å². The summed E-state index contributed by atoms with van der Waals surface area (Å²) in [6.45, 7) is 9.44. The van der Waals surface area contributed by atoms with E-state index in [0.29, 0.717) is 12.4 Å². The molecule has 2 aliphatic rings. The van der Waals surface area contributed by atoms with Crippen molar-refractivity contribution in [2.45, 2.75) is 77.9 Å². The Balaban J connectivity index is 0.00000141. The molecule has 4 heterocycles. The van der Waals surface area contributed by atoms with Gasteiger partial charge in [-0.2, -0.15) is 5.10 Å². The summed E-state index contributed by atoms with van der Waals surface area (Å²) >= 11 is 0. The summed E-state index contributed by atoms with van der Waals surface area (Å²) in [5, 5.41) is 27.0. The van der Waals surface area contributed by atoms with Crippen LogP contribution in [0, 0.1) is 0 Å². The molecule has 0 spiro atoms. The van der Waals surface area contributed by atoms with Crippen molar-refractivity contribution < 1.29 is 24.2 Å². The van der Waals surface area contributed by atoms with Crippen LogP contribution in [0.2, 0.25) is 0 Å². The van der Waals surface area contributed by atoms with Gasteiger partial charge in [-0.05, 0) is 81.6 Å². The second-order valence-electron chi connectivity index (χ2n) is 14.9. The maximum atomic E-state index is 13.7. The van der Waals surface area contributed by atoms with Crippen LogP contribution in [0.3, 0.4) is 0 Å². The topological polar surface area (TPSA) is 151 Å². The highest BCUT2D eigenvalue weighted by atomic mass is 16.5. The minimum atomic E-state index is -0.294. The van der Waals surface area contributed by atoms with Crippen LogP contribution in [0.1, 0.15) is 89.3 Å². The third-order valence-electron chi connectivity index (χ3n) is 9.60. The maximum Gasteiger partial charge on any atom is 0.320 e. The molecule has 1 aliphatic heterocycles. The predicted molar refractivity (Wildman–Crippen MR) is 215 cm³/mol. The number of urea groups is 1. The van der Waals surface area contributed by atoms with Gasteiger partial charge in [0, 0.05) is 37.2 Å². The molecule has 0 unspecified atom stereocenters. The summed E-state index contributed by atoms with van der Waals surface area (Å²) < 4.78 is 16.5. The molecule has 55 heavy (non-hydrogen) atoms. The number of carboxylic acid groups (broad SMARTS) is 1. The number of pyridine rings is 1. The molecule has 1 aliphatic carbocycles. The van der Waals surface area contributed by atoms with Crippen molar-refractivity contribution >= 4 is 29.9 Å². The molecule has 2 atom stereocenters. The second-order valence-corrected chi connectivity index (χ2v) is 14.9. The molecule has 3 N–H and O–H groups in total. The van der Waals surface area contributed by atoms with Gasteiger partial charge in [-0.25, -0.2) is 9.48 Å². The molecule has 14 heteroatoms. The number of anilines is 2. The Kier molecular flexibility index (Phi) is 13.4. The summed E-state index contributed by atoms with van der Waals surface area (Å²) in [7, 11) is 4.04. The average molecular weight is 754 g/mol. The van der Waals surface area contributed by atoms with Crippen LogP contribution >= 0.6 is 0 Å². The van der Waals surface area contributed by atoms with E-state index in [0.717, 1.165) is 78.1 Å². The molecule has 5 aromatic rings. The summed E-state index contributed by atoms with van der Waals surface area (Å²) in [6, 6.07) is 21.4. The van der Waals surface area contributed by atoms with Crippen molar-refractivity contribution in [3.63, 3.8) is 0 Å². The lowest BCUT2D eigenvalue weighted by Gasteiger charge is -2.32. The highest BCUT2D eigenvalue weighted by Gasteiger charge is 2.30. The Morgan fingerprint density at radius 1 is 0.964 bits per heavy atom. The molecule has 0 radical (unpaired) electrons. The summed E-state index contributed by atoms with van der Waals surface area (Å²) in [5.41, 5.74) is 4.38. The van der Waals surface area contributed by atoms with Crippen molar-refractivity contribution in [3.05, 3.63) is 89.7 Å². The predicted octanol–water partition coefficient (Wildman–Crippen LogP) is 7.26. The first-order chi connectivity index (χ1) is 26.0. The van der Waals surface area contributed by atoms with Gasteiger partial charge in [-0.1, -0.05) is 58.5 Å². The van der Waals surface area contributed by atoms with Crippen molar-refractivity contribution in [1.82, 2.24) is 34.6 Å². The lowest BCUT2D eigenvalue weighted by atomic mass is 9.85. The van der Waals surface area contributed by atoms with Crippen molar-refractivity contribution in [3.8, 4) is 17.2 Å². The van der Waals surface area contributed by atoms with E-state index in [1.165, 1.54) is 19.3 Å². The number of rotatable bonds is 10. The number of fused-ring (bicyclic) bond motifs is 2. The molecule has 0 bridgehead atoms. The van der Waals surface area contributed by atoms with E-state index < -0.39 is 0 Å². The number of hydrogen-bond acceptors (Lipinski definition) is 9. The molecule has 294 valence electrons. The Morgan fingerprint density at radius 3 is 2.44 bits per heavy atom. The molecule has 1 fully saturated rings. The van der Waals surface area contributed by atoms with Crippen LogP contribution in [-0.2, 0) is 10.2 Å². The zero-order chi connectivity index (χ0) is 38.2. The van der Waals surface area contributed by atoms with Gasteiger partial charge in [0.2, 0.25) is 5.95 Å². The Labute approximate surface area is 323 Å². The second kappa shape index (κ2) is 18.1. The summed E-state index contributed by atoms with van der Waals surface area (Å²) in [4.78, 5) is 26.4. The number of aromatic nitrogens is 5. The summed E-state index contributed by atoms with van der Waals surface area (Å²) in [6.07, 6.45) is 6.90. The van der Waals surface area contributed by atoms with E-state index in [-0.39, 0.29) is 37.5 Å². The standard InChI is InChI=1S/C39H49N9O3.CH2O2.CH4/c1-39(2,3)34-25-36(48(44-34)27-12-11-13-28(24-27)50-23-22-45(4)5)41-37(49)40-32-17-18-33(31-15-8-7-14-30(31)32)51-29-16-19-35-42-43-38(47(35)26-29)46-20-9-6-10-21-46;2-1-3;/h7-8,11-16,19,24-26,32-33H,6,9-10,17-18,20-23H2,1-5H3,(H2,40,41,49);1H,(H,2,3);1H4/t32-,33+;;/m0../s1. The molecule has 3 aromatic heterocycles. The van der Waals surface area contributed by atoms with E-state index in [1.54, 1.807) is 4.68 Å². The number of carbonyl (C=O) groups is 2. The molecule has 0 saturated carbocycles. The molecule has 2 amide bonds. The largest absolute Gasteiger partial charge is 0.492 e. The van der Waals surface area contributed by atoms with E-state index >= 15 is 0 Å². The molecule has 7 rings (SSSR count). The number of benzene rings is 2. The Hall–Kier alpha value is -5.63. The fraction of sp³-hybridized carbons (Fsp3) is 0.439. The lowest BCUT2D eigenvalue weighted by Crippen LogP contribution is -2.36. The van der Waals surface area contributed by atoms with Gasteiger partial charge in [-0.15, -0.1) is 10.2 Å². The van der Waals surface area contributed by atoms with Crippen LogP contribution in [0.15, 0.2) is 72.9 Å². The van der Waals surface area contributed by atoms with Crippen LogP contribution in [0.5, 0.6) is 11.5 Å². The van der Waals surface area contributed by atoms with E-state index in [4.69, 9.17) is 24.5 Å². The molecular formula is C41H55N9O5. The average Bonchev–Trinajstić information content (AvgIpc) is 3.78. The van der Waals surface area contributed by atoms with Crippen molar-refractivity contribution in [2.24, 2.45) is 0 Å². The minimum Gasteiger partial charge on any atom is -0.492 e. The monoisotopic (exact) mass is 753 g/mol. The van der Waals surface area contributed by atoms with Gasteiger partial charge in [-0.3, -0.25) is 14.5 Å². The number of hydrogen-bond donors (Lipinski definition) is 3. The first-order valence-electron chi connectivity index (χ1n) is 18.5. The van der Waals surface area contributed by atoms with Crippen molar-refractivity contribution in [2.75, 3.05) is 50.6 Å². The fourth-order valence-corrected chi connectivity index (χ4v) is 6.82. The lowest BCUT2D eigenvalue weighted by molar-refractivity contribution is -0.122. The quantitative estimate of drug-likeness (QED) is 0.124. The Morgan fingerprint density at radius 2 is 1.71 bits per heavy atom. The number of likely N-dealkylation sites (N-methyl/N-ethyl adjacent to an activating group) is 1. The van der Waals surface area contributed by atoms with Gasteiger partial charge < -0.3 is 29.7 Å². The van der Waals surface area contributed by atoms with Gasteiger partial charge in [0.15, 0.2) is 5.65 Å². The first kappa shape index (κ1) is 40.6. The minimum absolute atomic E-state index is 0. The maximum absolute atomic E-state index is 13.7. The normalized spacial score (nSPS) is 16.7. The number of nitrogens with one attached hydrogen (secondary N) is 2. The van der Waals surface area contributed by atoms with Gasteiger partial charge in [0.05, 0.1) is 23.6 Å². The SMILES string of the molecule is C.CN(C)CCOc1cccc(-n2nc(C(C)(C)C)cc2NC(=O)N[C@H]2CC[C@@H](Oc3ccc4nnc(N5CCCCC5)n4c3)c3ccccc32)c1.O=CO. The molecule has 2 aromatic carbocycles. The highest BCUT2D eigenvalue weighted by molar-refractivity contribution is 5.89. The molecular weight excluding hydrogens is 699 g/mol. The third kappa shape index (κ3) is 9.92.